The SMILES string of the molecule is CNC(=O)C1CCN(S(=O)(=O)c2cn(C)c(C)n2)CC1. The molecule has 1 saturated heterocycles. The van der Waals surface area contributed by atoms with Gasteiger partial charge in [0.1, 0.15) is 5.82 Å². The monoisotopic (exact) mass is 300 g/mol. The van der Waals surface area contributed by atoms with Gasteiger partial charge in [0.2, 0.25) is 5.91 Å². The number of imidazole rings is 1. The van der Waals surface area contributed by atoms with Crippen LogP contribution in [0.2, 0.25) is 0 Å². The highest BCUT2D eigenvalue weighted by Gasteiger charge is 2.33. The number of nitrogens with one attached hydrogen (secondary N) is 1. The van der Waals surface area contributed by atoms with E-state index in [0.717, 1.165) is 0 Å². The predicted molar refractivity (Wildman–Crippen MR) is 73.5 cm³/mol. The van der Waals surface area contributed by atoms with E-state index in [0.29, 0.717) is 31.8 Å². The van der Waals surface area contributed by atoms with E-state index < -0.39 is 10.0 Å². The number of carbonyl (C=O) groups is 1. The molecule has 1 aromatic heterocycles. The lowest BCUT2D eigenvalue weighted by molar-refractivity contribution is -0.125. The van der Waals surface area contributed by atoms with E-state index >= 15 is 0 Å². The molecule has 1 N–H and O–H groups in total. The Morgan fingerprint density at radius 3 is 2.45 bits per heavy atom. The van der Waals surface area contributed by atoms with Crippen LogP contribution in [0.15, 0.2) is 11.2 Å². The van der Waals surface area contributed by atoms with E-state index in [9.17, 15) is 13.2 Å². The van der Waals surface area contributed by atoms with Gasteiger partial charge in [-0.05, 0) is 19.8 Å². The van der Waals surface area contributed by atoms with E-state index in [1.54, 1.807) is 25.6 Å². The predicted octanol–water partition coefficient (Wildman–Crippen LogP) is -0.125. The first kappa shape index (κ1) is 15.0. The topological polar surface area (TPSA) is 84.3 Å². The Kier molecular flexibility index (Phi) is 4.14. The molecule has 1 aliphatic rings. The number of piperidine rings is 1. The van der Waals surface area contributed by atoms with Crippen molar-refractivity contribution in [3.63, 3.8) is 0 Å². The summed E-state index contributed by atoms with van der Waals surface area (Å²) in [5.41, 5.74) is 0. The van der Waals surface area contributed by atoms with Crippen LogP contribution in [0.1, 0.15) is 18.7 Å². The lowest BCUT2D eigenvalue weighted by Crippen LogP contribution is -2.42. The van der Waals surface area contributed by atoms with Crippen molar-refractivity contribution in [1.82, 2.24) is 19.2 Å². The van der Waals surface area contributed by atoms with Gasteiger partial charge in [-0.1, -0.05) is 0 Å². The fraction of sp³-hybridized carbons (Fsp3) is 0.667. The molecule has 0 spiro atoms. The molecule has 7 nitrogen and oxygen atoms in total. The summed E-state index contributed by atoms with van der Waals surface area (Å²) in [6.07, 6.45) is 2.62. The lowest BCUT2D eigenvalue weighted by Gasteiger charge is -2.29. The van der Waals surface area contributed by atoms with E-state index in [2.05, 4.69) is 10.3 Å². The lowest BCUT2D eigenvalue weighted by atomic mass is 9.97. The number of aryl methyl sites for hydroxylation is 2. The number of nitrogens with zero attached hydrogens (tertiary/aromatic N) is 3. The first-order valence-electron chi connectivity index (χ1n) is 6.58. The second-order valence-electron chi connectivity index (χ2n) is 5.03. The van der Waals surface area contributed by atoms with Crippen molar-refractivity contribution < 1.29 is 13.2 Å². The van der Waals surface area contributed by atoms with Gasteiger partial charge in [-0.3, -0.25) is 4.79 Å². The maximum atomic E-state index is 12.4. The van der Waals surface area contributed by atoms with Gasteiger partial charge < -0.3 is 9.88 Å². The van der Waals surface area contributed by atoms with E-state index in [4.69, 9.17) is 0 Å². The average molecular weight is 300 g/mol. The van der Waals surface area contributed by atoms with Gasteiger partial charge in [0.05, 0.1) is 0 Å². The van der Waals surface area contributed by atoms with Crippen LogP contribution in [0, 0.1) is 12.8 Å². The maximum absolute atomic E-state index is 12.4. The molecule has 8 heteroatoms. The third-order valence-corrected chi connectivity index (χ3v) is 5.53. The molecule has 112 valence electrons. The van der Waals surface area contributed by atoms with Gasteiger partial charge in [0.25, 0.3) is 10.0 Å². The Bertz CT molecular complexity index is 581. The zero-order chi connectivity index (χ0) is 14.9. The molecular weight excluding hydrogens is 280 g/mol. The summed E-state index contributed by atoms with van der Waals surface area (Å²) in [6.45, 7) is 2.48. The highest BCUT2D eigenvalue weighted by molar-refractivity contribution is 7.89. The summed E-state index contributed by atoms with van der Waals surface area (Å²) in [5.74, 6) is 0.538. The van der Waals surface area contributed by atoms with Crippen LogP contribution in [0.4, 0.5) is 0 Å². The summed E-state index contributed by atoms with van der Waals surface area (Å²) >= 11 is 0. The van der Waals surface area contributed by atoms with Gasteiger partial charge in [-0.2, -0.15) is 4.31 Å². The van der Waals surface area contributed by atoms with Crippen LogP contribution < -0.4 is 5.32 Å². The minimum absolute atomic E-state index is 0.0178. The molecule has 1 fully saturated rings. The van der Waals surface area contributed by atoms with Gasteiger partial charge in [-0.15, -0.1) is 0 Å². The van der Waals surface area contributed by atoms with Crippen LogP contribution >= 0.6 is 0 Å². The maximum Gasteiger partial charge on any atom is 0.262 e. The molecule has 2 heterocycles. The summed E-state index contributed by atoms with van der Waals surface area (Å²) in [6, 6.07) is 0. The minimum atomic E-state index is -3.55. The van der Waals surface area contributed by atoms with Crippen molar-refractivity contribution in [3.05, 3.63) is 12.0 Å². The Hall–Kier alpha value is -1.41. The molecule has 0 saturated carbocycles. The Morgan fingerprint density at radius 2 is 2.00 bits per heavy atom. The number of sulfonamides is 1. The van der Waals surface area contributed by atoms with Gasteiger partial charge in [0.15, 0.2) is 5.03 Å². The number of rotatable bonds is 3. The molecule has 1 aromatic rings. The molecular formula is C12H20N4O3S. The van der Waals surface area contributed by atoms with Crippen molar-refractivity contribution in [2.75, 3.05) is 20.1 Å². The third-order valence-electron chi connectivity index (χ3n) is 3.76. The van der Waals surface area contributed by atoms with Crippen molar-refractivity contribution in [1.29, 1.82) is 0 Å². The van der Waals surface area contributed by atoms with E-state index in [-0.39, 0.29) is 16.9 Å². The standard InChI is InChI=1S/C12H20N4O3S/c1-9-14-11(8-15(9)3)20(18,19)16-6-4-10(5-7-16)12(17)13-2/h8,10H,4-7H2,1-3H3,(H,13,17). The van der Waals surface area contributed by atoms with Crippen LogP contribution in [0.5, 0.6) is 0 Å². The van der Waals surface area contributed by atoms with Crippen molar-refractivity contribution >= 4 is 15.9 Å². The third kappa shape index (κ3) is 2.71. The molecule has 20 heavy (non-hydrogen) atoms. The quantitative estimate of drug-likeness (QED) is 0.843. The Balaban J connectivity index is 2.11. The zero-order valence-corrected chi connectivity index (χ0v) is 12.8. The molecule has 1 aliphatic heterocycles. The van der Waals surface area contributed by atoms with Crippen molar-refractivity contribution in [2.24, 2.45) is 13.0 Å². The van der Waals surface area contributed by atoms with Crippen molar-refractivity contribution in [3.8, 4) is 0 Å². The molecule has 0 atom stereocenters. The Morgan fingerprint density at radius 1 is 1.40 bits per heavy atom. The Labute approximate surface area is 119 Å². The first-order chi connectivity index (χ1) is 9.36. The summed E-state index contributed by atoms with van der Waals surface area (Å²) in [5, 5.41) is 2.69. The van der Waals surface area contributed by atoms with Gasteiger partial charge in [-0.25, -0.2) is 13.4 Å². The van der Waals surface area contributed by atoms with Crippen molar-refractivity contribution in [2.45, 2.75) is 24.8 Å². The minimum Gasteiger partial charge on any atom is -0.359 e. The van der Waals surface area contributed by atoms with Crippen LogP contribution in [0.3, 0.4) is 0 Å². The largest absolute Gasteiger partial charge is 0.359 e. The number of amides is 1. The fourth-order valence-corrected chi connectivity index (χ4v) is 3.84. The number of hydrogen-bond acceptors (Lipinski definition) is 4. The second kappa shape index (κ2) is 5.53. The first-order valence-corrected chi connectivity index (χ1v) is 8.02. The molecule has 0 bridgehead atoms. The summed E-state index contributed by atoms with van der Waals surface area (Å²) < 4.78 is 28.0. The smallest absolute Gasteiger partial charge is 0.262 e. The number of hydrogen-bond donors (Lipinski definition) is 1. The fourth-order valence-electron chi connectivity index (χ4n) is 2.35. The highest BCUT2D eigenvalue weighted by Crippen LogP contribution is 2.23. The molecule has 0 aliphatic carbocycles. The summed E-state index contributed by atoms with van der Waals surface area (Å²) in [7, 11) is -0.187. The normalized spacial score (nSPS) is 18.1. The molecule has 0 radical (unpaired) electrons. The highest BCUT2D eigenvalue weighted by atomic mass is 32.2. The second-order valence-corrected chi connectivity index (χ2v) is 6.91. The van der Waals surface area contributed by atoms with E-state index in [1.807, 2.05) is 0 Å². The van der Waals surface area contributed by atoms with Crippen LogP contribution in [0.25, 0.3) is 0 Å². The molecule has 1 amide bonds. The van der Waals surface area contributed by atoms with Crippen LogP contribution in [-0.4, -0.2) is 48.3 Å². The molecule has 0 aromatic carbocycles. The number of carbonyl (C=O) groups excluding carboxylic acids is 1. The van der Waals surface area contributed by atoms with Gasteiger partial charge >= 0.3 is 0 Å². The molecule has 2 rings (SSSR count). The number of aromatic nitrogens is 2. The van der Waals surface area contributed by atoms with Crippen LogP contribution in [-0.2, 0) is 21.9 Å². The van der Waals surface area contributed by atoms with Gasteiger partial charge in [0, 0.05) is 39.3 Å². The zero-order valence-electron chi connectivity index (χ0n) is 12.0. The summed E-state index contributed by atoms with van der Waals surface area (Å²) in [4.78, 5) is 15.6. The average Bonchev–Trinajstić information content (AvgIpc) is 2.78. The van der Waals surface area contributed by atoms with E-state index in [1.165, 1.54) is 10.5 Å². The molecule has 0 unspecified atom stereocenters.